The summed E-state index contributed by atoms with van der Waals surface area (Å²) in [6.45, 7) is 2.55. The van der Waals surface area contributed by atoms with Crippen LogP contribution in [-0.4, -0.2) is 13.1 Å². The lowest BCUT2D eigenvalue weighted by Crippen LogP contribution is -2.19. The molecule has 2 aliphatic rings. The van der Waals surface area contributed by atoms with Crippen LogP contribution in [0.25, 0.3) is 0 Å². The topological polar surface area (TPSA) is 12.0 Å². The number of hydrogen-bond acceptors (Lipinski definition) is 1. The van der Waals surface area contributed by atoms with E-state index >= 15 is 0 Å². The first-order chi connectivity index (χ1) is 6.45. The molecule has 2 aliphatic carbocycles. The first-order valence-electron chi connectivity index (χ1n) is 6.16. The van der Waals surface area contributed by atoms with Crippen molar-refractivity contribution in [1.82, 2.24) is 5.32 Å². The lowest BCUT2D eigenvalue weighted by molar-refractivity contribution is 0.472. The van der Waals surface area contributed by atoms with Crippen molar-refractivity contribution < 1.29 is 0 Å². The van der Waals surface area contributed by atoms with E-state index < -0.39 is 0 Å². The molecule has 76 valence electrons. The lowest BCUT2D eigenvalue weighted by Gasteiger charge is -2.09. The van der Waals surface area contributed by atoms with E-state index in [0.29, 0.717) is 0 Å². The minimum Gasteiger partial charge on any atom is -0.317 e. The molecule has 0 unspecified atom stereocenters. The van der Waals surface area contributed by atoms with E-state index in [9.17, 15) is 0 Å². The molecule has 0 heterocycles. The Morgan fingerprint density at radius 2 is 1.31 bits per heavy atom. The average Bonchev–Trinajstić information content (AvgIpc) is 2.81. The van der Waals surface area contributed by atoms with Crippen LogP contribution in [0.15, 0.2) is 0 Å². The molecule has 0 aromatic carbocycles. The molecule has 1 N–H and O–H groups in total. The first kappa shape index (κ1) is 9.51. The highest BCUT2D eigenvalue weighted by Gasteiger charge is 2.20. The van der Waals surface area contributed by atoms with Gasteiger partial charge in [0.2, 0.25) is 0 Å². The molecule has 2 fully saturated rings. The third kappa shape index (κ3) is 3.68. The summed E-state index contributed by atoms with van der Waals surface area (Å²) in [5, 5.41) is 3.58. The minimum atomic E-state index is 1.06. The van der Waals surface area contributed by atoms with Gasteiger partial charge in [-0.05, 0) is 37.8 Å². The zero-order valence-corrected chi connectivity index (χ0v) is 8.73. The van der Waals surface area contributed by atoms with Crippen molar-refractivity contribution in [3.63, 3.8) is 0 Å². The molecule has 0 spiro atoms. The van der Waals surface area contributed by atoms with Crippen LogP contribution in [0.1, 0.15) is 51.4 Å². The van der Waals surface area contributed by atoms with Crippen LogP contribution in [0.3, 0.4) is 0 Å². The molecular formula is C12H23N. The summed E-state index contributed by atoms with van der Waals surface area (Å²) in [5.41, 5.74) is 0. The molecule has 2 rings (SSSR count). The van der Waals surface area contributed by atoms with E-state index in [0.717, 1.165) is 11.8 Å². The molecule has 13 heavy (non-hydrogen) atoms. The SMILES string of the molecule is C1CCC(CCNCCC2CC2)C1. The second kappa shape index (κ2) is 4.99. The van der Waals surface area contributed by atoms with Gasteiger partial charge in [-0.15, -0.1) is 0 Å². The maximum atomic E-state index is 3.58. The summed E-state index contributed by atoms with van der Waals surface area (Å²) in [4.78, 5) is 0. The van der Waals surface area contributed by atoms with Gasteiger partial charge in [0, 0.05) is 0 Å². The van der Waals surface area contributed by atoms with E-state index in [4.69, 9.17) is 0 Å². The number of nitrogens with one attached hydrogen (secondary N) is 1. The fraction of sp³-hybridized carbons (Fsp3) is 1.00. The first-order valence-corrected chi connectivity index (χ1v) is 6.16. The molecule has 1 heteroatoms. The van der Waals surface area contributed by atoms with E-state index in [-0.39, 0.29) is 0 Å². The van der Waals surface area contributed by atoms with Gasteiger partial charge in [-0.1, -0.05) is 38.5 Å². The van der Waals surface area contributed by atoms with E-state index in [1.54, 1.807) is 0 Å². The zero-order valence-electron chi connectivity index (χ0n) is 8.73. The quantitative estimate of drug-likeness (QED) is 0.621. The Morgan fingerprint density at radius 3 is 1.85 bits per heavy atom. The van der Waals surface area contributed by atoms with Gasteiger partial charge in [-0.3, -0.25) is 0 Å². The van der Waals surface area contributed by atoms with Crippen molar-refractivity contribution >= 4 is 0 Å². The van der Waals surface area contributed by atoms with Crippen LogP contribution in [0.4, 0.5) is 0 Å². The fourth-order valence-electron chi connectivity index (χ4n) is 2.44. The lowest BCUT2D eigenvalue weighted by atomic mass is 10.0. The molecular weight excluding hydrogens is 158 g/mol. The summed E-state index contributed by atoms with van der Waals surface area (Å²) in [6.07, 6.45) is 11.9. The molecule has 0 aromatic heterocycles. The summed E-state index contributed by atoms with van der Waals surface area (Å²) in [6, 6.07) is 0. The summed E-state index contributed by atoms with van der Waals surface area (Å²) in [7, 11) is 0. The minimum absolute atomic E-state index is 1.06. The normalized spacial score (nSPS) is 24.0. The van der Waals surface area contributed by atoms with Crippen molar-refractivity contribution in [2.75, 3.05) is 13.1 Å². The van der Waals surface area contributed by atoms with Crippen LogP contribution >= 0.6 is 0 Å². The second-order valence-electron chi connectivity index (χ2n) is 4.92. The predicted octanol–water partition coefficient (Wildman–Crippen LogP) is 2.96. The monoisotopic (exact) mass is 181 g/mol. The number of rotatable bonds is 6. The Labute approximate surface area is 82.3 Å². The third-order valence-corrected chi connectivity index (χ3v) is 3.63. The molecule has 0 amide bonds. The van der Waals surface area contributed by atoms with Crippen LogP contribution in [-0.2, 0) is 0 Å². The molecule has 0 aliphatic heterocycles. The van der Waals surface area contributed by atoms with E-state index in [2.05, 4.69) is 5.32 Å². The van der Waals surface area contributed by atoms with E-state index in [1.165, 1.54) is 64.5 Å². The van der Waals surface area contributed by atoms with Gasteiger partial charge in [0.25, 0.3) is 0 Å². The Hall–Kier alpha value is -0.0400. The third-order valence-electron chi connectivity index (χ3n) is 3.63. The van der Waals surface area contributed by atoms with Gasteiger partial charge in [-0.2, -0.15) is 0 Å². The van der Waals surface area contributed by atoms with Crippen molar-refractivity contribution in [2.45, 2.75) is 51.4 Å². The average molecular weight is 181 g/mol. The van der Waals surface area contributed by atoms with Gasteiger partial charge in [-0.25, -0.2) is 0 Å². The van der Waals surface area contributed by atoms with Crippen LogP contribution in [0.2, 0.25) is 0 Å². The molecule has 1 nitrogen and oxygen atoms in total. The summed E-state index contributed by atoms with van der Waals surface area (Å²) in [5.74, 6) is 2.16. The van der Waals surface area contributed by atoms with E-state index in [1.807, 2.05) is 0 Å². The number of hydrogen-bond donors (Lipinski definition) is 1. The van der Waals surface area contributed by atoms with Crippen molar-refractivity contribution in [1.29, 1.82) is 0 Å². The summed E-state index contributed by atoms with van der Waals surface area (Å²) < 4.78 is 0. The highest BCUT2D eigenvalue weighted by molar-refractivity contribution is 4.74. The Balaban J connectivity index is 1.39. The molecule has 2 saturated carbocycles. The highest BCUT2D eigenvalue weighted by Crippen LogP contribution is 2.31. The van der Waals surface area contributed by atoms with Crippen LogP contribution < -0.4 is 5.32 Å². The van der Waals surface area contributed by atoms with Crippen molar-refractivity contribution in [3.05, 3.63) is 0 Å². The highest BCUT2D eigenvalue weighted by atomic mass is 14.8. The molecule has 0 atom stereocenters. The van der Waals surface area contributed by atoms with Crippen LogP contribution in [0, 0.1) is 11.8 Å². The molecule has 0 bridgehead atoms. The Kier molecular flexibility index (Phi) is 3.65. The maximum absolute atomic E-state index is 3.58. The van der Waals surface area contributed by atoms with Gasteiger partial charge >= 0.3 is 0 Å². The van der Waals surface area contributed by atoms with Gasteiger partial charge in [0.15, 0.2) is 0 Å². The van der Waals surface area contributed by atoms with Gasteiger partial charge in [0.05, 0.1) is 0 Å². The molecule has 0 saturated heterocycles. The van der Waals surface area contributed by atoms with Gasteiger partial charge in [0.1, 0.15) is 0 Å². The van der Waals surface area contributed by atoms with Gasteiger partial charge < -0.3 is 5.32 Å². The predicted molar refractivity (Wildman–Crippen MR) is 56.8 cm³/mol. The van der Waals surface area contributed by atoms with Crippen molar-refractivity contribution in [3.8, 4) is 0 Å². The van der Waals surface area contributed by atoms with Crippen LogP contribution in [0.5, 0.6) is 0 Å². The summed E-state index contributed by atoms with van der Waals surface area (Å²) >= 11 is 0. The fourth-order valence-corrected chi connectivity index (χ4v) is 2.44. The largest absolute Gasteiger partial charge is 0.317 e. The second-order valence-corrected chi connectivity index (χ2v) is 4.92. The zero-order chi connectivity index (χ0) is 8.93. The maximum Gasteiger partial charge on any atom is -0.00463 e. The molecule has 0 aromatic rings. The molecule has 0 radical (unpaired) electrons. The Morgan fingerprint density at radius 1 is 0.769 bits per heavy atom. The Bertz CT molecular complexity index is 134. The smallest absolute Gasteiger partial charge is 0.00463 e. The van der Waals surface area contributed by atoms with Crippen molar-refractivity contribution in [2.24, 2.45) is 11.8 Å². The standard InChI is InChI=1S/C12H23N/c1-2-4-11(3-1)7-9-13-10-8-12-5-6-12/h11-13H,1-10H2.